The Kier molecular flexibility index (Phi) is 6.44. The fraction of sp³-hybridized carbons (Fsp3) is 0.261. The smallest absolute Gasteiger partial charge is 0.336 e. The second kappa shape index (κ2) is 9.19. The summed E-state index contributed by atoms with van der Waals surface area (Å²) in [5, 5.41) is 16.4. The summed E-state index contributed by atoms with van der Waals surface area (Å²) >= 11 is 0. The van der Waals surface area contributed by atoms with Crippen molar-refractivity contribution in [2.45, 2.75) is 39.2 Å². The number of carboxylic acids is 1. The van der Waals surface area contributed by atoms with Crippen LogP contribution in [0.25, 0.3) is 11.1 Å². The Balaban J connectivity index is 1.81. The molecule has 0 atom stereocenters. The van der Waals surface area contributed by atoms with Crippen molar-refractivity contribution in [1.29, 1.82) is 0 Å². The van der Waals surface area contributed by atoms with Gasteiger partial charge in [-0.15, -0.1) is 0 Å². The number of aromatic carboxylic acids is 1. The monoisotopic (exact) mass is 392 g/mol. The molecule has 0 bridgehead atoms. The van der Waals surface area contributed by atoms with Crippen molar-refractivity contribution in [3.63, 3.8) is 0 Å². The minimum Gasteiger partial charge on any atom is -0.478 e. The maximum Gasteiger partial charge on any atom is 0.336 e. The maximum atomic E-state index is 12.8. The molecule has 3 rings (SSSR count). The normalized spacial score (nSPS) is 10.9. The number of nitrogens with zero attached hydrogens (tertiary/aromatic N) is 1. The van der Waals surface area contributed by atoms with Gasteiger partial charge in [0.25, 0.3) is 5.91 Å². The van der Waals surface area contributed by atoms with Crippen molar-refractivity contribution in [1.82, 2.24) is 10.5 Å². The lowest BCUT2D eigenvalue weighted by Crippen LogP contribution is -2.23. The SMILES string of the molecule is CCC(CC)c1cc(CNC(=O)c2ccccc2-c2ccccc2C(=O)O)on1. The van der Waals surface area contributed by atoms with Gasteiger partial charge in [0.2, 0.25) is 0 Å². The van der Waals surface area contributed by atoms with E-state index in [-0.39, 0.29) is 18.0 Å². The van der Waals surface area contributed by atoms with Crippen molar-refractivity contribution in [3.05, 3.63) is 77.2 Å². The van der Waals surface area contributed by atoms with Crippen LogP contribution in [0.15, 0.2) is 59.1 Å². The highest BCUT2D eigenvalue weighted by Crippen LogP contribution is 2.27. The van der Waals surface area contributed by atoms with E-state index >= 15 is 0 Å². The molecule has 0 aliphatic rings. The van der Waals surface area contributed by atoms with Crippen LogP contribution in [-0.4, -0.2) is 22.1 Å². The first kappa shape index (κ1) is 20.3. The Morgan fingerprint density at radius 3 is 2.21 bits per heavy atom. The fourth-order valence-corrected chi connectivity index (χ4v) is 3.39. The Bertz CT molecular complexity index is 1010. The van der Waals surface area contributed by atoms with E-state index < -0.39 is 5.97 Å². The number of amides is 1. The first-order valence-corrected chi connectivity index (χ1v) is 9.70. The summed E-state index contributed by atoms with van der Waals surface area (Å²) < 4.78 is 5.36. The molecule has 1 heterocycles. The molecule has 0 spiro atoms. The Labute approximate surface area is 169 Å². The van der Waals surface area contributed by atoms with Crippen LogP contribution in [0.2, 0.25) is 0 Å². The molecule has 6 nitrogen and oxygen atoms in total. The van der Waals surface area contributed by atoms with Gasteiger partial charge in [-0.25, -0.2) is 4.79 Å². The number of carbonyl (C=O) groups excluding carboxylic acids is 1. The van der Waals surface area contributed by atoms with Gasteiger partial charge >= 0.3 is 5.97 Å². The van der Waals surface area contributed by atoms with E-state index in [9.17, 15) is 14.7 Å². The quantitative estimate of drug-likeness (QED) is 0.570. The molecule has 150 valence electrons. The minimum atomic E-state index is -1.04. The number of rotatable bonds is 8. The number of benzene rings is 2. The highest BCUT2D eigenvalue weighted by atomic mass is 16.5. The van der Waals surface area contributed by atoms with E-state index in [0.717, 1.165) is 18.5 Å². The largest absolute Gasteiger partial charge is 0.478 e. The Morgan fingerprint density at radius 1 is 1.00 bits per heavy atom. The molecule has 6 heteroatoms. The lowest BCUT2D eigenvalue weighted by molar-refractivity contribution is 0.0697. The molecular weight excluding hydrogens is 368 g/mol. The van der Waals surface area contributed by atoms with E-state index in [1.54, 1.807) is 42.5 Å². The molecule has 2 aromatic carbocycles. The second-order valence-electron chi connectivity index (χ2n) is 6.81. The second-order valence-corrected chi connectivity index (χ2v) is 6.81. The fourth-order valence-electron chi connectivity index (χ4n) is 3.39. The van der Waals surface area contributed by atoms with Crippen LogP contribution in [-0.2, 0) is 6.54 Å². The molecule has 0 aliphatic carbocycles. The number of hydrogen-bond donors (Lipinski definition) is 2. The van der Waals surface area contributed by atoms with Crippen LogP contribution in [0.3, 0.4) is 0 Å². The molecule has 3 aromatic rings. The number of hydrogen-bond acceptors (Lipinski definition) is 4. The summed E-state index contributed by atoms with van der Waals surface area (Å²) in [6, 6.07) is 15.5. The van der Waals surface area contributed by atoms with E-state index in [0.29, 0.717) is 28.4 Å². The lowest BCUT2D eigenvalue weighted by Gasteiger charge is -2.12. The molecule has 0 unspecified atom stereocenters. The van der Waals surface area contributed by atoms with E-state index in [1.165, 1.54) is 6.07 Å². The molecule has 29 heavy (non-hydrogen) atoms. The first-order chi connectivity index (χ1) is 14.0. The van der Waals surface area contributed by atoms with Gasteiger partial charge < -0.3 is 14.9 Å². The van der Waals surface area contributed by atoms with Crippen LogP contribution < -0.4 is 5.32 Å². The average molecular weight is 392 g/mol. The topological polar surface area (TPSA) is 92.4 Å². The maximum absolute atomic E-state index is 12.8. The Hall–Kier alpha value is -3.41. The summed E-state index contributed by atoms with van der Waals surface area (Å²) in [7, 11) is 0. The molecule has 0 saturated heterocycles. The van der Waals surface area contributed by atoms with Gasteiger partial charge in [0.15, 0.2) is 5.76 Å². The van der Waals surface area contributed by atoms with Crippen molar-refractivity contribution in [2.24, 2.45) is 0 Å². The highest BCUT2D eigenvalue weighted by molar-refractivity contribution is 6.04. The molecular formula is C23H24N2O4. The number of nitrogens with one attached hydrogen (secondary N) is 1. The lowest BCUT2D eigenvalue weighted by atomic mass is 9.95. The number of carboxylic acid groups (broad SMARTS) is 1. The molecule has 2 N–H and O–H groups in total. The van der Waals surface area contributed by atoms with Crippen molar-refractivity contribution in [3.8, 4) is 11.1 Å². The van der Waals surface area contributed by atoms with Gasteiger partial charge in [0.1, 0.15) is 0 Å². The van der Waals surface area contributed by atoms with Crippen LogP contribution in [0.5, 0.6) is 0 Å². The molecule has 0 aliphatic heterocycles. The van der Waals surface area contributed by atoms with Gasteiger partial charge in [0.05, 0.1) is 17.8 Å². The summed E-state index contributed by atoms with van der Waals surface area (Å²) in [5.41, 5.74) is 2.52. The molecule has 0 radical (unpaired) electrons. The van der Waals surface area contributed by atoms with Gasteiger partial charge in [0, 0.05) is 17.5 Å². The zero-order valence-corrected chi connectivity index (χ0v) is 16.5. The Morgan fingerprint density at radius 2 is 1.59 bits per heavy atom. The van der Waals surface area contributed by atoms with Crippen LogP contribution in [0.1, 0.15) is 64.8 Å². The van der Waals surface area contributed by atoms with Gasteiger partial charge in [-0.1, -0.05) is 55.4 Å². The standard InChI is InChI=1S/C23H24N2O4/c1-3-15(4-2)21-13-16(29-25-21)14-24-22(26)19-11-7-5-9-17(19)18-10-6-8-12-20(18)23(27)28/h5-13,15H,3-4,14H2,1-2H3,(H,24,26)(H,27,28). The first-order valence-electron chi connectivity index (χ1n) is 9.70. The van der Waals surface area contributed by atoms with Crippen molar-refractivity contribution in [2.75, 3.05) is 0 Å². The summed E-state index contributed by atoms with van der Waals surface area (Å²) in [6.07, 6.45) is 1.95. The summed E-state index contributed by atoms with van der Waals surface area (Å²) in [6.45, 7) is 4.42. The van der Waals surface area contributed by atoms with Gasteiger partial charge in [-0.2, -0.15) is 0 Å². The average Bonchev–Trinajstić information content (AvgIpc) is 3.21. The summed E-state index contributed by atoms with van der Waals surface area (Å²) in [4.78, 5) is 24.4. The minimum absolute atomic E-state index is 0.151. The third-order valence-corrected chi connectivity index (χ3v) is 5.02. The van der Waals surface area contributed by atoms with Crippen molar-refractivity contribution >= 4 is 11.9 Å². The molecule has 1 aromatic heterocycles. The van der Waals surface area contributed by atoms with E-state index in [1.807, 2.05) is 6.07 Å². The van der Waals surface area contributed by atoms with Crippen LogP contribution in [0, 0.1) is 0 Å². The molecule has 0 saturated carbocycles. The van der Waals surface area contributed by atoms with Crippen molar-refractivity contribution < 1.29 is 19.2 Å². The molecule has 0 fully saturated rings. The van der Waals surface area contributed by atoms with Crippen LogP contribution in [0.4, 0.5) is 0 Å². The zero-order chi connectivity index (χ0) is 20.8. The third kappa shape index (κ3) is 4.54. The number of carbonyl (C=O) groups is 2. The van der Waals surface area contributed by atoms with E-state index in [4.69, 9.17) is 4.52 Å². The third-order valence-electron chi connectivity index (χ3n) is 5.02. The van der Waals surface area contributed by atoms with E-state index in [2.05, 4.69) is 24.3 Å². The predicted octanol–water partition coefficient (Wildman–Crippen LogP) is 4.87. The zero-order valence-electron chi connectivity index (χ0n) is 16.5. The molecule has 1 amide bonds. The van der Waals surface area contributed by atoms with Crippen LogP contribution >= 0.6 is 0 Å². The highest BCUT2D eigenvalue weighted by Gasteiger charge is 2.18. The van der Waals surface area contributed by atoms with Gasteiger partial charge in [-0.3, -0.25) is 4.79 Å². The van der Waals surface area contributed by atoms with Gasteiger partial charge in [-0.05, 0) is 36.1 Å². The number of aromatic nitrogens is 1. The summed E-state index contributed by atoms with van der Waals surface area (Å²) in [5.74, 6) is -0.409. The predicted molar refractivity (Wildman–Crippen MR) is 110 cm³/mol.